The highest BCUT2D eigenvalue weighted by atomic mass is 16.2. The van der Waals surface area contributed by atoms with Crippen molar-refractivity contribution in [2.45, 2.75) is 38.6 Å². The summed E-state index contributed by atoms with van der Waals surface area (Å²) in [7, 11) is 0. The van der Waals surface area contributed by atoms with Crippen molar-refractivity contribution in [2.75, 3.05) is 0 Å². The third-order valence-corrected chi connectivity index (χ3v) is 4.53. The fourth-order valence-electron chi connectivity index (χ4n) is 3.26. The maximum atomic E-state index is 12.3. The van der Waals surface area contributed by atoms with Gasteiger partial charge in [-0.3, -0.25) is 9.59 Å². The van der Waals surface area contributed by atoms with E-state index in [0.717, 1.165) is 42.0 Å². The first-order valence-electron chi connectivity index (χ1n) is 7.94. The van der Waals surface area contributed by atoms with E-state index in [2.05, 4.69) is 5.32 Å². The summed E-state index contributed by atoms with van der Waals surface area (Å²) in [5, 5.41) is 5.17. The SMILES string of the molecule is CC(=O)C(NC(=O)C1CCCC1)c1ccc2ccccc2c1. The third kappa shape index (κ3) is 3.03. The second-order valence-corrected chi connectivity index (χ2v) is 6.14. The monoisotopic (exact) mass is 295 g/mol. The van der Waals surface area contributed by atoms with Crippen molar-refractivity contribution in [1.82, 2.24) is 5.32 Å². The number of hydrogen-bond donors (Lipinski definition) is 1. The number of nitrogens with one attached hydrogen (secondary N) is 1. The van der Waals surface area contributed by atoms with Crippen molar-refractivity contribution in [3.8, 4) is 0 Å². The molecule has 0 spiro atoms. The summed E-state index contributed by atoms with van der Waals surface area (Å²) >= 11 is 0. The van der Waals surface area contributed by atoms with Crippen LogP contribution in [0.3, 0.4) is 0 Å². The highest BCUT2D eigenvalue weighted by Gasteiger charge is 2.27. The number of amides is 1. The van der Waals surface area contributed by atoms with E-state index in [4.69, 9.17) is 0 Å². The number of hydrogen-bond acceptors (Lipinski definition) is 2. The molecule has 1 aliphatic rings. The van der Waals surface area contributed by atoms with E-state index >= 15 is 0 Å². The molecule has 1 aliphatic carbocycles. The Bertz CT molecular complexity index is 701. The third-order valence-electron chi connectivity index (χ3n) is 4.53. The molecule has 1 unspecified atom stereocenters. The Hall–Kier alpha value is -2.16. The number of fused-ring (bicyclic) bond motifs is 1. The van der Waals surface area contributed by atoms with Crippen molar-refractivity contribution in [3.05, 3.63) is 48.0 Å². The van der Waals surface area contributed by atoms with Gasteiger partial charge < -0.3 is 5.32 Å². The molecule has 1 amide bonds. The van der Waals surface area contributed by atoms with Gasteiger partial charge in [0.2, 0.25) is 5.91 Å². The van der Waals surface area contributed by atoms with Gasteiger partial charge in [-0.25, -0.2) is 0 Å². The van der Waals surface area contributed by atoms with Gasteiger partial charge in [0, 0.05) is 5.92 Å². The van der Waals surface area contributed by atoms with Crippen LogP contribution in [0.25, 0.3) is 10.8 Å². The molecular formula is C19H21NO2. The van der Waals surface area contributed by atoms with E-state index < -0.39 is 6.04 Å². The van der Waals surface area contributed by atoms with Crippen LogP contribution in [-0.2, 0) is 9.59 Å². The minimum Gasteiger partial charge on any atom is -0.342 e. The topological polar surface area (TPSA) is 46.2 Å². The average Bonchev–Trinajstić information content (AvgIpc) is 3.06. The van der Waals surface area contributed by atoms with E-state index in [-0.39, 0.29) is 17.6 Å². The smallest absolute Gasteiger partial charge is 0.223 e. The highest BCUT2D eigenvalue weighted by Crippen LogP contribution is 2.27. The molecular weight excluding hydrogens is 274 g/mol. The Morgan fingerprint density at radius 3 is 2.41 bits per heavy atom. The minimum atomic E-state index is -0.544. The molecule has 2 aromatic rings. The Balaban J connectivity index is 1.85. The van der Waals surface area contributed by atoms with Crippen LogP contribution in [0.2, 0.25) is 0 Å². The zero-order valence-corrected chi connectivity index (χ0v) is 12.8. The van der Waals surface area contributed by atoms with E-state index in [9.17, 15) is 9.59 Å². The Kier molecular flexibility index (Phi) is 4.23. The molecule has 0 bridgehead atoms. The van der Waals surface area contributed by atoms with Gasteiger partial charge in [-0.15, -0.1) is 0 Å². The van der Waals surface area contributed by atoms with Crippen molar-refractivity contribution in [2.24, 2.45) is 5.92 Å². The Morgan fingerprint density at radius 1 is 1.05 bits per heavy atom. The molecule has 1 fully saturated rings. The fraction of sp³-hybridized carbons (Fsp3) is 0.368. The van der Waals surface area contributed by atoms with E-state index in [1.807, 2.05) is 42.5 Å². The van der Waals surface area contributed by atoms with Crippen LogP contribution < -0.4 is 5.32 Å². The predicted octanol–water partition coefficient (Wildman–Crippen LogP) is 3.78. The zero-order chi connectivity index (χ0) is 15.5. The molecule has 22 heavy (non-hydrogen) atoms. The number of benzene rings is 2. The molecule has 2 aromatic carbocycles. The summed E-state index contributed by atoms with van der Waals surface area (Å²) in [6.07, 6.45) is 4.10. The Morgan fingerprint density at radius 2 is 1.73 bits per heavy atom. The lowest BCUT2D eigenvalue weighted by atomic mass is 9.98. The van der Waals surface area contributed by atoms with Gasteiger partial charge in [0.15, 0.2) is 5.78 Å². The van der Waals surface area contributed by atoms with Crippen LogP contribution in [0.4, 0.5) is 0 Å². The van der Waals surface area contributed by atoms with Crippen molar-refractivity contribution < 1.29 is 9.59 Å². The second-order valence-electron chi connectivity index (χ2n) is 6.14. The summed E-state index contributed by atoms with van der Waals surface area (Å²) < 4.78 is 0. The van der Waals surface area contributed by atoms with Crippen LogP contribution in [0.15, 0.2) is 42.5 Å². The summed E-state index contributed by atoms with van der Waals surface area (Å²) in [5.74, 6) is 0.0646. The first kappa shape index (κ1) is 14.8. The molecule has 0 radical (unpaired) electrons. The summed E-state index contributed by atoms with van der Waals surface area (Å²) in [5.41, 5.74) is 0.859. The largest absolute Gasteiger partial charge is 0.342 e. The number of Topliss-reactive ketones (excluding diaryl/α,β-unsaturated/α-hetero) is 1. The molecule has 3 nitrogen and oxygen atoms in total. The molecule has 1 saturated carbocycles. The predicted molar refractivity (Wildman–Crippen MR) is 87.5 cm³/mol. The minimum absolute atomic E-state index is 0.0193. The molecule has 0 aromatic heterocycles. The molecule has 114 valence electrons. The molecule has 1 atom stereocenters. The lowest BCUT2D eigenvalue weighted by Gasteiger charge is -2.19. The lowest BCUT2D eigenvalue weighted by molar-refractivity contribution is -0.129. The first-order chi connectivity index (χ1) is 10.6. The van der Waals surface area contributed by atoms with E-state index in [1.165, 1.54) is 6.92 Å². The Labute approximate surface area is 130 Å². The highest BCUT2D eigenvalue weighted by molar-refractivity contribution is 5.91. The maximum absolute atomic E-state index is 12.3. The van der Waals surface area contributed by atoms with Gasteiger partial charge in [0.25, 0.3) is 0 Å². The molecule has 0 heterocycles. The van der Waals surface area contributed by atoms with Crippen LogP contribution in [-0.4, -0.2) is 11.7 Å². The van der Waals surface area contributed by atoms with Crippen LogP contribution in [0.1, 0.15) is 44.2 Å². The number of rotatable bonds is 4. The zero-order valence-electron chi connectivity index (χ0n) is 12.8. The average molecular weight is 295 g/mol. The van der Waals surface area contributed by atoms with Crippen LogP contribution in [0.5, 0.6) is 0 Å². The molecule has 0 saturated heterocycles. The van der Waals surface area contributed by atoms with Crippen LogP contribution in [0, 0.1) is 5.92 Å². The number of carbonyl (C=O) groups is 2. The van der Waals surface area contributed by atoms with Gasteiger partial charge in [-0.1, -0.05) is 49.2 Å². The van der Waals surface area contributed by atoms with Gasteiger partial charge in [0.1, 0.15) is 6.04 Å². The van der Waals surface area contributed by atoms with Crippen molar-refractivity contribution in [3.63, 3.8) is 0 Å². The molecule has 0 aliphatic heterocycles. The molecule has 3 rings (SSSR count). The number of ketones is 1. The van der Waals surface area contributed by atoms with E-state index in [0.29, 0.717) is 0 Å². The van der Waals surface area contributed by atoms with Crippen molar-refractivity contribution >= 4 is 22.5 Å². The maximum Gasteiger partial charge on any atom is 0.223 e. The fourth-order valence-corrected chi connectivity index (χ4v) is 3.26. The summed E-state index contributed by atoms with van der Waals surface area (Å²) in [4.78, 5) is 24.3. The van der Waals surface area contributed by atoms with Gasteiger partial charge >= 0.3 is 0 Å². The summed E-state index contributed by atoms with van der Waals surface area (Å²) in [6, 6.07) is 13.4. The second kappa shape index (κ2) is 6.30. The van der Waals surface area contributed by atoms with E-state index in [1.54, 1.807) is 0 Å². The van der Waals surface area contributed by atoms with Gasteiger partial charge in [0.05, 0.1) is 0 Å². The van der Waals surface area contributed by atoms with Crippen LogP contribution >= 0.6 is 0 Å². The molecule has 1 N–H and O–H groups in total. The lowest BCUT2D eigenvalue weighted by Crippen LogP contribution is -2.36. The quantitative estimate of drug-likeness (QED) is 0.933. The molecule has 3 heteroatoms. The summed E-state index contributed by atoms with van der Waals surface area (Å²) in [6.45, 7) is 1.54. The standard InChI is InChI=1S/C19H21NO2/c1-13(21)18(20-19(22)15-7-3-4-8-15)17-11-10-14-6-2-5-9-16(14)12-17/h2,5-6,9-12,15,18H,3-4,7-8H2,1H3,(H,20,22). The number of carbonyl (C=O) groups excluding carboxylic acids is 2. The van der Waals surface area contributed by atoms with Crippen molar-refractivity contribution in [1.29, 1.82) is 0 Å². The first-order valence-corrected chi connectivity index (χ1v) is 7.94. The normalized spacial score (nSPS) is 16.6. The van der Waals surface area contributed by atoms with Gasteiger partial charge in [-0.2, -0.15) is 0 Å². The van der Waals surface area contributed by atoms with Gasteiger partial charge in [-0.05, 0) is 42.2 Å².